The minimum absolute atomic E-state index is 0.00915. The number of benzene rings is 1. The molecule has 0 saturated carbocycles. The van der Waals surface area contributed by atoms with Crippen LogP contribution in [0.2, 0.25) is 0 Å². The fourth-order valence-corrected chi connectivity index (χ4v) is 4.28. The van der Waals surface area contributed by atoms with Gasteiger partial charge in [-0.3, -0.25) is 19.3 Å². The quantitative estimate of drug-likeness (QED) is 0.535. The zero-order chi connectivity index (χ0) is 25.8. The van der Waals surface area contributed by atoms with E-state index < -0.39 is 0 Å². The van der Waals surface area contributed by atoms with Gasteiger partial charge < -0.3 is 24.2 Å². The number of fused-ring (bicyclic) bond motifs is 1. The summed E-state index contributed by atoms with van der Waals surface area (Å²) in [4.78, 5) is 45.5. The Labute approximate surface area is 213 Å². The van der Waals surface area contributed by atoms with E-state index in [0.717, 1.165) is 6.42 Å². The molecule has 5 rings (SSSR count). The lowest BCUT2D eigenvalue weighted by atomic mass is 10.1. The second kappa shape index (κ2) is 10.9. The number of nitrogens with zero attached hydrogens (tertiary/aromatic N) is 6. The Hall–Kier alpha value is -4.00. The predicted molar refractivity (Wildman–Crippen MR) is 130 cm³/mol. The molecule has 0 bridgehead atoms. The van der Waals surface area contributed by atoms with Crippen LogP contribution in [0.3, 0.4) is 0 Å². The summed E-state index contributed by atoms with van der Waals surface area (Å²) in [5.41, 5.74) is 1.15. The Morgan fingerprint density at radius 2 is 1.86 bits per heavy atom. The van der Waals surface area contributed by atoms with E-state index in [0.29, 0.717) is 74.3 Å². The maximum absolute atomic E-state index is 12.9. The van der Waals surface area contributed by atoms with Gasteiger partial charge in [0.05, 0.1) is 6.54 Å². The van der Waals surface area contributed by atoms with Crippen molar-refractivity contribution in [2.45, 2.75) is 26.2 Å². The Morgan fingerprint density at radius 3 is 2.68 bits per heavy atom. The van der Waals surface area contributed by atoms with Gasteiger partial charge in [0, 0.05) is 51.1 Å². The minimum Gasteiger partial charge on any atom is -0.454 e. The van der Waals surface area contributed by atoms with Crippen LogP contribution >= 0.6 is 0 Å². The van der Waals surface area contributed by atoms with Crippen LogP contribution in [0, 0.1) is 0 Å². The van der Waals surface area contributed by atoms with Crippen LogP contribution in [0.15, 0.2) is 27.8 Å². The first kappa shape index (κ1) is 24.7. The summed E-state index contributed by atoms with van der Waals surface area (Å²) >= 11 is 0. The number of carbonyl (C=O) groups is 3. The molecular weight excluding hydrogens is 482 g/mol. The van der Waals surface area contributed by atoms with Gasteiger partial charge in [0.2, 0.25) is 30.3 Å². The van der Waals surface area contributed by atoms with E-state index in [2.05, 4.69) is 20.6 Å². The first-order valence-electron chi connectivity index (χ1n) is 12.4. The second-order valence-corrected chi connectivity index (χ2v) is 9.00. The van der Waals surface area contributed by atoms with E-state index >= 15 is 0 Å². The molecule has 0 aliphatic carbocycles. The average molecular weight is 512 g/mol. The van der Waals surface area contributed by atoms with Crippen LogP contribution in [0.4, 0.5) is 0 Å². The van der Waals surface area contributed by atoms with E-state index in [9.17, 15) is 14.4 Å². The standard InChI is InChI=1S/C24H29N7O6/c1-2-7-25-20(32)13-29-8-10-30(11-9-29)22(34)14-31-21(33)6-4-17(27-31)24-26-23(28-37-24)16-3-5-18-19(12-16)36-15-35-18/h3,5,12H,2,4,6-11,13-15H2,1H3,(H,25,32). The zero-order valence-electron chi connectivity index (χ0n) is 20.6. The van der Waals surface area contributed by atoms with Crippen molar-refractivity contribution in [3.63, 3.8) is 0 Å². The predicted octanol–water partition coefficient (Wildman–Crippen LogP) is 0.462. The highest BCUT2D eigenvalue weighted by Gasteiger charge is 2.29. The lowest BCUT2D eigenvalue weighted by molar-refractivity contribution is -0.142. The average Bonchev–Trinajstić information content (AvgIpc) is 3.59. The highest BCUT2D eigenvalue weighted by molar-refractivity contribution is 6.01. The third-order valence-corrected chi connectivity index (χ3v) is 6.36. The Bertz CT molecular complexity index is 1200. The summed E-state index contributed by atoms with van der Waals surface area (Å²) in [7, 11) is 0. The molecule has 3 amide bonds. The number of hydrogen-bond donors (Lipinski definition) is 1. The number of aromatic nitrogens is 2. The van der Waals surface area contributed by atoms with Crippen molar-refractivity contribution in [3.05, 3.63) is 24.1 Å². The molecular formula is C24H29N7O6. The Morgan fingerprint density at radius 1 is 1.05 bits per heavy atom. The molecule has 37 heavy (non-hydrogen) atoms. The molecule has 0 unspecified atom stereocenters. The van der Waals surface area contributed by atoms with Crippen LogP contribution in [-0.4, -0.2) is 101 Å². The molecule has 13 nitrogen and oxygen atoms in total. The van der Waals surface area contributed by atoms with E-state index in [1.807, 2.05) is 11.8 Å². The molecule has 1 fully saturated rings. The number of piperazine rings is 1. The number of hydrazone groups is 1. The fraction of sp³-hybridized carbons (Fsp3) is 0.500. The fourth-order valence-electron chi connectivity index (χ4n) is 4.28. The van der Waals surface area contributed by atoms with Gasteiger partial charge in [0.25, 0.3) is 5.89 Å². The molecule has 1 N–H and O–H groups in total. The molecule has 13 heteroatoms. The smallest absolute Gasteiger partial charge is 0.274 e. The normalized spacial score (nSPS) is 17.6. The topological polar surface area (TPSA) is 143 Å². The van der Waals surface area contributed by atoms with Gasteiger partial charge in [-0.25, -0.2) is 5.01 Å². The monoisotopic (exact) mass is 511 g/mol. The zero-order valence-corrected chi connectivity index (χ0v) is 20.6. The molecule has 3 aliphatic rings. The van der Waals surface area contributed by atoms with Crippen molar-refractivity contribution in [2.75, 3.05) is 52.6 Å². The Balaban J connectivity index is 1.18. The number of nitrogens with one attached hydrogen (secondary N) is 1. The van der Waals surface area contributed by atoms with E-state index in [1.54, 1.807) is 23.1 Å². The molecule has 196 valence electrons. The minimum atomic E-state index is -0.237. The lowest BCUT2D eigenvalue weighted by Gasteiger charge is -2.35. The molecule has 2 aromatic rings. The summed E-state index contributed by atoms with van der Waals surface area (Å²) in [5.74, 6) is 1.38. The molecule has 4 heterocycles. The van der Waals surface area contributed by atoms with Gasteiger partial charge in [0.15, 0.2) is 11.5 Å². The van der Waals surface area contributed by atoms with Crippen molar-refractivity contribution >= 4 is 23.4 Å². The molecule has 1 aromatic heterocycles. The van der Waals surface area contributed by atoms with Gasteiger partial charge in [-0.1, -0.05) is 12.1 Å². The molecule has 0 atom stereocenters. The van der Waals surface area contributed by atoms with Crippen molar-refractivity contribution in [2.24, 2.45) is 5.10 Å². The number of ether oxygens (including phenoxy) is 2. The van der Waals surface area contributed by atoms with Gasteiger partial charge in [-0.05, 0) is 24.6 Å². The SMILES string of the molecule is CCCNC(=O)CN1CCN(C(=O)CN2N=C(c3nc(-c4ccc5c(c4)OCO5)no3)CCC2=O)CC1. The van der Waals surface area contributed by atoms with Crippen LogP contribution in [0.25, 0.3) is 11.4 Å². The van der Waals surface area contributed by atoms with Crippen molar-refractivity contribution in [3.8, 4) is 22.9 Å². The summed E-state index contributed by atoms with van der Waals surface area (Å²) in [6, 6.07) is 5.35. The number of hydrogen-bond acceptors (Lipinski definition) is 10. The second-order valence-electron chi connectivity index (χ2n) is 9.00. The molecule has 1 saturated heterocycles. The van der Waals surface area contributed by atoms with Crippen molar-refractivity contribution in [1.29, 1.82) is 0 Å². The van der Waals surface area contributed by atoms with Crippen LogP contribution in [-0.2, 0) is 14.4 Å². The molecule has 0 radical (unpaired) electrons. The lowest BCUT2D eigenvalue weighted by Crippen LogP contribution is -2.53. The van der Waals surface area contributed by atoms with E-state index in [1.165, 1.54) is 5.01 Å². The van der Waals surface area contributed by atoms with Crippen molar-refractivity contribution in [1.82, 2.24) is 30.3 Å². The van der Waals surface area contributed by atoms with Crippen LogP contribution in [0.5, 0.6) is 11.5 Å². The first-order valence-corrected chi connectivity index (χ1v) is 12.4. The van der Waals surface area contributed by atoms with Gasteiger partial charge in [-0.2, -0.15) is 10.1 Å². The number of rotatable bonds is 8. The third kappa shape index (κ3) is 5.71. The van der Waals surface area contributed by atoms with Crippen molar-refractivity contribution < 1.29 is 28.4 Å². The van der Waals surface area contributed by atoms with E-state index in [4.69, 9.17) is 14.0 Å². The van der Waals surface area contributed by atoms with E-state index in [-0.39, 0.29) is 43.4 Å². The maximum Gasteiger partial charge on any atom is 0.274 e. The molecule has 1 aromatic carbocycles. The van der Waals surface area contributed by atoms with Gasteiger partial charge in [0.1, 0.15) is 12.3 Å². The first-order chi connectivity index (χ1) is 18.0. The Kier molecular flexibility index (Phi) is 7.30. The highest BCUT2D eigenvalue weighted by Crippen LogP contribution is 2.35. The summed E-state index contributed by atoms with van der Waals surface area (Å²) in [6.07, 6.45) is 1.42. The van der Waals surface area contributed by atoms with Gasteiger partial charge in [-0.15, -0.1) is 0 Å². The van der Waals surface area contributed by atoms with Crippen LogP contribution in [0.1, 0.15) is 32.1 Å². The third-order valence-electron chi connectivity index (χ3n) is 6.36. The maximum atomic E-state index is 12.9. The van der Waals surface area contributed by atoms with Crippen LogP contribution < -0.4 is 14.8 Å². The number of carbonyl (C=O) groups excluding carboxylic acids is 3. The summed E-state index contributed by atoms with van der Waals surface area (Å²) in [5, 5.41) is 12.4. The highest BCUT2D eigenvalue weighted by atomic mass is 16.7. The molecule has 0 spiro atoms. The summed E-state index contributed by atoms with van der Waals surface area (Å²) in [6.45, 7) is 5.15. The number of amides is 3. The summed E-state index contributed by atoms with van der Waals surface area (Å²) < 4.78 is 16.1. The van der Waals surface area contributed by atoms with Gasteiger partial charge >= 0.3 is 0 Å². The molecule has 3 aliphatic heterocycles. The largest absolute Gasteiger partial charge is 0.454 e.